The van der Waals surface area contributed by atoms with Crippen molar-refractivity contribution in [3.8, 4) is 0 Å². The zero-order valence-corrected chi connectivity index (χ0v) is 12.2. The molecular formula is C12H16N6O4. The minimum absolute atomic E-state index is 0.161. The lowest BCUT2D eigenvalue weighted by atomic mass is 10.2. The average molecular weight is 308 g/mol. The summed E-state index contributed by atoms with van der Waals surface area (Å²) in [6.07, 6.45) is 0.452. The van der Waals surface area contributed by atoms with E-state index < -0.39 is 6.23 Å². The number of carbonyl (C=O) groups is 1. The number of aromatic nitrogens is 5. The predicted molar refractivity (Wildman–Crippen MR) is 74.8 cm³/mol. The van der Waals surface area contributed by atoms with Crippen LogP contribution in [0.5, 0.6) is 0 Å². The Morgan fingerprint density at radius 3 is 3.00 bits per heavy atom. The summed E-state index contributed by atoms with van der Waals surface area (Å²) < 4.78 is 13.2. The largest absolute Gasteiger partial charge is 0.463 e. The zero-order chi connectivity index (χ0) is 15.9. The number of carbonyl (C=O) groups excluding carboxylic acids is 1. The van der Waals surface area contributed by atoms with E-state index in [0.717, 1.165) is 0 Å². The van der Waals surface area contributed by atoms with Crippen molar-refractivity contribution < 1.29 is 14.3 Å². The van der Waals surface area contributed by atoms with Gasteiger partial charge < -0.3 is 15.2 Å². The van der Waals surface area contributed by atoms with E-state index in [1.807, 2.05) is 0 Å². The van der Waals surface area contributed by atoms with Crippen LogP contribution >= 0.6 is 0 Å². The summed E-state index contributed by atoms with van der Waals surface area (Å²) in [6, 6.07) is 0. The summed E-state index contributed by atoms with van der Waals surface area (Å²) in [7, 11) is 1.62. The number of anilines is 1. The molecule has 22 heavy (non-hydrogen) atoms. The molecule has 1 aliphatic rings. The number of fused-ring (bicyclic) bond motifs is 1. The van der Waals surface area contributed by atoms with Crippen molar-refractivity contribution in [1.82, 2.24) is 24.8 Å². The minimum Gasteiger partial charge on any atom is -0.463 e. The molecule has 2 aromatic heterocycles. The highest BCUT2D eigenvalue weighted by Gasteiger charge is 2.30. The van der Waals surface area contributed by atoms with Gasteiger partial charge in [-0.2, -0.15) is 9.78 Å². The number of nitrogen functional groups attached to an aromatic ring is 1. The molecule has 0 spiro atoms. The second kappa shape index (κ2) is 5.37. The first-order valence-corrected chi connectivity index (χ1v) is 6.84. The van der Waals surface area contributed by atoms with Crippen molar-refractivity contribution in [2.75, 3.05) is 12.3 Å². The molecule has 2 N–H and O–H groups in total. The summed E-state index contributed by atoms with van der Waals surface area (Å²) in [5, 5.41) is 11.8. The smallest absolute Gasteiger partial charge is 0.302 e. The molecule has 1 aliphatic heterocycles. The SMILES string of the molecule is CC(=O)OCC1CCC(n2nnc3c(N)nn(C)c3c2=O)O1. The van der Waals surface area contributed by atoms with Crippen LogP contribution in [0.3, 0.4) is 0 Å². The lowest BCUT2D eigenvalue weighted by Crippen LogP contribution is -2.30. The van der Waals surface area contributed by atoms with Gasteiger partial charge in [0.05, 0.1) is 6.10 Å². The van der Waals surface area contributed by atoms with Crippen molar-refractivity contribution in [2.24, 2.45) is 7.05 Å². The fraction of sp³-hybridized carbons (Fsp3) is 0.583. The maximum atomic E-state index is 12.5. The molecule has 2 unspecified atom stereocenters. The van der Waals surface area contributed by atoms with Gasteiger partial charge in [-0.25, -0.2) is 0 Å². The van der Waals surface area contributed by atoms with E-state index in [1.54, 1.807) is 7.05 Å². The second-order valence-electron chi connectivity index (χ2n) is 5.14. The van der Waals surface area contributed by atoms with Gasteiger partial charge in [0.2, 0.25) is 0 Å². The first-order chi connectivity index (χ1) is 10.5. The Morgan fingerprint density at radius 2 is 2.27 bits per heavy atom. The van der Waals surface area contributed by atoms with Crippen LogP contribution in [-0.4, -0.2) is 43.5 Å². The standard InChI is InChI=1S/C12H16N6O4/c1-6(19)21-5-7-3-4-8(22-7)18-12(20)10-9(14-16-18)11(13)15-17(10)2/h7-8H,3-5H2,1-2H3,(H2,13,15). The molecule has 3 rings (SSSR count). The lowest BCUT2D eigenvalue weighted by molar-refractivity contribution is -0.145. The quantitative estimate of drug-likeness (QED) is 0.741. The van der Waals surface area contributed by atoms with Gasteiger partial charge in [-0.3, -0.25) is 14.3 Å². The molecule has 1 fully saturated rings. The molecule has 0 aromatic carbocycles. The van der Waals surface area contributed by atoms with E-state index >= 15 is 0 Å². The molecule has 3 heterocycles. The Hall–Kier alpha value is -2.49. The van der Waals surface area contributed by atoms with Crippen LogP contribution in [0.4, 0.5) is 5.82 Å². The van der Waals surface area contributed by atoms with Crippen LogP contribution in [0, 0.1) is 0 Å². The molecule has 0 saturated carbocycles. The van der Waals surface area contributed by atoms with Gasteiger partial charge in [-0.1, -0.05) is 5.21 Å². The third kappa shape index (κ3) is 2.41. The van der Waals surface area contributed by atoms with Crippen molar-refractivity contribution in [2.45, 2.75) is 32.1 Å². The third-order valence-electron chi connectivity index (χ3n) is 3.53. The van der Waals surface area contributed by atoms with E-state index in [4.69, 9.17) is 15.2 Å². The van der Waals surface area contributed by atoms with Crippen molar-refractivity contribution >= 4 is 22.8 Å². The fourth-order valence-electron chi connectivity index (χ4n) is 2.50. The average Bonchev–Trinajstić information content (AvgIpc) is 3.03. The number of rotatable bonds is 3. The first kappa shape index (κ1) is 14.4. The van der Waals surface area contributed by atoms with Crippen LogP contribution in [0.2, 0.25) is 0 Å². The number of hydrogen-bond acceptors (Lipinski definition) is 8. The van der Waals surface area contributed by atoms with Gasteiger partial charge >= 0.3 is 5.97 Å². The van der Waals surface area contributed by atoms with Gasteiger partial charge in [-0.15, -0.1) is 5.10 Å². The fourth-order valence-corrected chi connectivity index (χ4v) is 2.50. The normalized spacial score (nSPS) is 21.4. The maximum absolute atomic E-state index is 12.5. The van der Waals surface area contributed by atoms with Crippen LogP contribution < -0.4 is 11.3 Å². The number of aryl methyl sites for hydroxylation is 1. The molecule has 0 bridgehead atoms. The summed E-state index contributed by atoms with van der Waals surface area (Å²) >= 11 is 0. The van der Waals surface area contributed by atoms with Gasteiger partial charge in [-0.05, 0) is 12.8 Å². The molecular weight excluding hydrogens is 292 g/mol. The monoisotopic (exact) mass is 308 g/mol. The molecule has 0 radical (unpaired) electrons. The highest BCUT2D eigenvalue weighted by molar-refractivity contribution is 5.83. The maximum Gasteiger partial charge on any atom is 0.302 e. The van der Waals surface area contributed by atoms with Crippen molar-refractivity contribution in [1.29, 1.82) is 0 Å². The van der Waals surface area contributed by atoms with E-state index in [1.165, 1.54) is 16.3 Å². The zero-order valence-electron chi connectivity index (χ0n) is 12.2. The third-order valence-corrected chi connectivity index (χ3v) is 3.53. The number of esters is 1. The summed E-state index contributed by atoms with van der Waals surface area (Å²) in [4.78, 5) is 23.3. The van der Waals surface area contributed by atoms with E-state index in [9.17, 15) is 9.59 Å². The highest BCUT2D eigenvalue weighted by atomic mass is 16.6. The molecule has 1 saturated heterocycles. The molecule has 2 aromatic rings. The molecule has 0 aliphatic carbocycles. The molecule has 10 nitrogen and oxygen atoms in total. The molecule has 10 heteroatoms. The lowest BCUT2D eigenvalue weighted by Gasteiger charge is -2.14. The number of nitrogens with zero attached hydrogens (tertiary/aromatic N) is 5. The van der Waals surface area contributed by atoms with Crippen LogP contribution in [0.15, 0.2) is 4.79 Å². The summed E-state index contributed by atoms with van der Waals surface area (Å²) in [5.74, 6) is -0.204. The minimum atomic E-state index is -0.541. The number of ether oxygens (including phenoxy) is 2. The van der Waals surface area contributed by atoms with Crippen LogP contribution in [0.25, 0.3) is 11.0 Å². The van der Waals surface area contributed by atoms with Crippen molar-refractivity contribution in [3.63, 3.8) is 0 Å². The van der Waals surface area contributed by atoms with E-state index in [0.29, 0.717) is 12.8 Å². The van der Waals surface area contributed by atoms with Gasteiger partial charge in [0.15, 0.2) is 23.1 Å². The molecule has 118 valence electrons. The Kier molecular flexibility index (Phi) is 3.53. The highest BCUT2D eigenvalue weighted by Crippen LogP contribution is 2.27. The second-order valence-corrected chi connectivity index (χ2v) is 5.14. The topological polar surface area (TPSA) is 127 Å². The Labute approximate surface area is 124 Å². The van der Waals surface area contributed by atoms with Gasteiger partial charge in [0.25, 0.3) is 5.56 Å². The number of hydrogen-bond donors (Lipinski definition) is 1. The van der Waals surface area contributed by atoms with E-state index in [2.05, 4.69) is 15.4 Å². The van der Waals surface area contributed by atoms with Crippen LogP contribution in [-0.2, 0) is 21.3 Å². The summed E-state index contributed by atoms with van der Waals surface area (Å²) in [5.41, 5.74) is 5.86. The predicted octanol–water partition coefficient (Wildman–Crippen LogP) is -0.652. The molecule has 2 atom stereocenters. The Bertz CT molecular complexity index is 782. The van der Waals surface area contributed by atoms with Crippen LogP contribution in [0.1, 0.15) is 26.0 Å². The molecule has 0 amide bonds. The van der Waals surface area contributed by atoms with Gasteiger partial charge in [0.1, 0.15) is 6.61 Å². The Balaban J connectivity index is 1.86. The summed E-state index contributed by atoms with van der Waals surface area (Å²) in [6.45, 7) is 1.50. The number of nitrogens with two attached hydrogens (primary N) is 1. The first-order valence-electron chi connectivity index (χ1n) is 6.84. The van der Waals surface area contributed by atoms with Crippen molar-refractivity contribution in [3.05, 3.63) is 10.4 Å². The Morgan fingerprint density at radius 1 is 1.50 bits per heavy atom. The van der Waals surface area contributed by atoms with E-state index in [-0.39, 0.29) is 41.1 Å². The van der Waals surface area contributed by atoms with Gasteiger partial charge in [0, 0.05) is 14.0 Å².